The maximum atomic E-state index is 11.5. The van der Waals surface area contributed by atoms with E-state index in [0.717, 1.165) is 11.4 Å². The van der Waals surface area contributed by atoms with Crippen molar-refractivity contribution in [1.82, 2.24) is 14.8 Å². The zero-order valence-electron chi connectivity index (χ0n) is 10.1. The van der Waals surface area contributed by atoms with Crippen LogP contribution in [0.15, 0.2) is 30.3 Å². The number of rotatable bonds is 5. The van der Waals surface area contributed by atoms with Crippen LogP contribution in [-0.4, -0.2) is 30.5 Å². The minimum absolute atomic E-state index is 0.571. The summed E-state index contributed by atoms with van der Waals surface area (Å²) < 4.78 is 14.0. The first-order valence-electron chi connectivity index (χ1n) is 5.78. The molecule has 1 aromatic heterocycles. The first kappa shape index (κ1) is 13.2. The first-order chi connectivity index (χ1) is 8.72. The van der Waals surface area contributed by atoms with Gasteiger partial charge in [-0.05, 0) is 12.2 Å². The molecule has 1 heterocycles. The average Bonchev–Trinajstić information content (AvgIpc) is 2.78. The lowest BCUT2D eigenvalue weighted by molar-refractivity contribution is 0.673. The van der Waals surface area contributed by atoms with E-state index in [1.165, 1.54) is 0 Å². The van der Waals surface area contributed by atoms with Gasteiger partial charge < -0.3 is 0 Å². The lowest BCUT2D eigenvalue weighted by Gasteiger charge is -2.06. The maximum absolute atomic E-state index is 11.5. The maximum Gasteiger partial charge on any atom is 0.195 e. The molecule has 6 heteroatoms. The number of nitrogens with one attached hydrogen (secondary N) is 1. The molecule has 2 rings (SSSR count). The van der Waals surface area contributed by atoms with Gasteiger partial charge in [-0.25, -0.2) is 0 Å². The van der Waals surface area contributed by atoms with Crippen molar-refractivity contribution in [2.75, 3.05) is 11.5 Å². The Kier molecular flexibility index (Phi) is 4.43. The molecule has 1 atom stereocenters. The summed E-state index contributed by atoms with van der Waals surface area (Å²) in [6.45, 7) is 2.54. The van der Waals surface area contributed by atoms with Crippen LogP contribution in [0.3, 0.4) is 0 Å². The van der Waals surface area contributed by atoms with Crippen LogP contribution in [0.1, 0.15) is 6.92 Å². The molecule has 0 bridgehead atoms. The standard InChI is InChI=1S/C12H15N3OS2/c1-2-18(16)9-8-15-11(13-14-12(15)17)10-6-4-3-5-7-10/h3-7H,2,8-9H2,1H3,(H,14,17). The third kappa shape index (κ3) is 2.94. The van der Waals surface area contributed by atoms with Gasteiger partial charge in [-0.3, -0.25) is 13.9 Å². The van der Waals surface area contributed by atoms with Gasteiger partial charge in [0.1, 0.15) is 0 Å². The van der Waals surface area contributed by atoms with Crippen molar-refractivity contribution in [2.45, 2.75) is 13.5 Å². The predicted molar refractivity (Wildman–Crippen MR) is 76.4 cm³/mol. The van der Waals surface area contributed by atoms with E-state index in [-0.39, 0.29) is 0 Å². The number of aromatic nitrogens is 3. The Morgan fingerprint density at radius 2 is 2.11 bits per heavy atom. The van der Waals surface area contributed by atoms with Crippen molar-refractivity contribution in [3.63, 3.8) is 0 Å². The Bertz CT molecular complexity index is 589. The highest BCUT2D eigenvalue weighted by atomic mass is 32.2. The molecule has 0 spiro atoms. The molecule has 1 N–H and O–H groups in total. The molecule has 1 unspecified atom stereocenters. The van der Waals surface area contributed by atoms with Crippen LogP contribution in [0.2, 0.25) is 0 Å². The molecular weight excluding hydrogens is 266 g/mol. The van der Waals surface area contributed by atoms with Gasteiger partial charge in [-0.15, -0.1) is 0 Å². The van der Waals surface area contributed by atoms with Crippen LogP contribution in [0.4, 0.5) is 0 Å². The largest absolute Gasteiger partial charge is 0.299 e. The van der Waals surface area contributed by atoms with Crippen molar-refractivity contribution >= 4 is 23.0 Å². The molecule has 0 aliphatic rings. The molecule has 0 saturated carbocycles. The number of hydrogen-bond donors (Lipinski definition) is 1. The summed E-state index contributed by atoms with van der Waals surface area (Å²) in [6, 6.07) is 9.85. The second kappa shape index (κ2) is 6.06. The highest BCUT2D eigenvalue weighted by Gasteiger charge is 2.08. The summed E-state index contributed by atoms with van der Waals surface area (Å²) in [6.07, 6.45) is 0. The zero-order chi connectivity index (χ0) is 13.0. The minimum Gasteiger partial charge on any atom is -0.299 e. The molecular formula is C12H15N3OS2. The fourth-order valence-electron chi connectivity index (χ4n) is 1.67. The van der Waals surface area contributed by atoms with E-state index in [0.29, 0.717) is 22.8 Å². The normalized spacial score (nSPS) is 12.5. The van der Waals surface area contributed by atoms with Crippen LogP contribution in [0.25, 0.3) is 11.4 Å². The quantitative estimate of drug-likeness (QED) is 0.856. The van der Waals surface area contributed by atoms with E-state index in [2.05, 4.69) is 10.2 Å². The van der Waals surface area contributed by atoms with E-state index < -0.39 is 10.8 Å². The first-order valence-corrected chi connectivity index (χ1v) is 7.67. The van der Waals surface area contributed by atoms with E-state index in [9.17, 15) is 4.21 Å². The smallest absolute Gasteiger partial charge is 0.195 e. The lowest BCUT2D eigenvalue weighted by Crippen LogP contribution is -2.10. The fraction of sp³-hybridized carbons (Fsp3) is 0.333. The van der Waals surface area contributed by atoms with E-state index in [1.807, 2.05) is 41.8 Å². The molecule has 2 aromatic rings. The monoisotopic (exact) mass is 281 g/mol. The second-order valence-corrected chi connectivity index (χ2v) is 6.05. The average molecular weight is 281 g/mol. The molecule has 4 nitrogen and oxygen atoms in total. The van der Waals surface area contributed by atoms with Gasteiger partial charge >= 0.3 is 0 Å². The van der Waals surface area contributed by atoms with Gasteiger partial charge in [-0.2, -0.15) is 5.10 Å². The number of H-pyrrole nitrogens is 1. The van der Waals surface area contributed by atoms with E-state index in [1.54, 1.807) is 0 Å². The summed E-state index contributed by atoms with van der Waals surface area (Å²) in [4.78, 5) is 0. The van der Waals surface area contributed by atoms with Gasteiger partial charge in [0.05, 0.1) is 0 Å². The molecule has 1 aromatic carbocycles. The van der Waals surface area contributed by atoms with Crippen LogP contribution in [0.5, 0.6) is 0 Å². The van der Waals surface area contributed by atoms with Crippen molar-refractivity contribution in [3.05, 3.63) is 35.1 Å². The summed E-state index contributed by atoms with van der Waals surface area (Å²) in [5, 5.41) is 7.03. The molecule has 0 aliphatic carbocycles. The summed E-state index contributed by atoms with van der Waals surface area (Å²) >= 11 is 5.21. The number of benzene rings is 1. The van der Waals surface area contributed by atoms with Crippen molar-refractivity contribution in [2.24, 2.45) is 0 Å². The number of nitrogens with zero attached hydrogens (tertiary/aromatic N) is 2. The summed E-state index contributed by atoms with van der Waals surface area (Å²) in [7, 11) is -0.793. The van der Waals surface area contributed by atoms with Gasteiger partial charge in [-0.1, -0.05) is 37.3 Å². The highest BCUT2D eigenvalue weighted by Crippen LogP contribution is 2.16. The van der Waals surface area contributed by atoms with Gasteiger partial charge in [0.25, 0.3) is 0 Å². The van der Waals surface area contributed by atoms with Crippen molar-refractivity contribution in [1.29, 1.82) is 0 Å². The van der Waals surface area contributed by atoms with E-state index >= 15 is 0 Å². The zero-order valence-corrected chi connectivity index (χ0v) is 11.8. The summed E-state index contributed by atoms with van der Waals surface area (Å²) in [5.74, 6) is 2.07. The predicted octanol–water partition coefficient (Wildman–Crippen LogP) is 2.38. The lowest BCUT2D eigenvalue weighted by atomic mass is 10.2. The molecule has 0 aliphatic heterocycles. The van der Waals surface area contributed by atoms with Crippen LogP contribution in [-0.2, 0) is 17.3 Å². The Balaban J connectivity index is 2.28. The Morgan fingerprint density at radius 1 is 1.39 bits per heavy atom. The third-order valence-electron chi connectivity index (χ3n) is 2.65. The highest BCUT2D eigenvalue weighted by molar-refractivity contribution is 7.84. The molecule has 0 amide bonds. The Morgan fingerprint density at radius 3 is 2.78 bits per heavy atom. The number of hydrogen-bond acceptors (Lipinski definition) is 3. The molecule has 0 fully saturated rings. The molecule has 18 heavy (non-hydrogen) atoms. The fourth-order valence-corrected chi connectivity index (χ4v) is 2.57. The van der Waals surface area contributed by atoms with Crippen LogP contribution >= 0.6 is 12.2 Å². The van der Waals surface area contributed by atoms with Crippen LogP contribution < -0.4 is 0 Å². The van der Waals surface area contributed by atoms with Gasteiger partial charge in [0, 0.05) is 34.4 Å². The molecule has 0 radical (unpaired) electrons. The topological polar surface area (TPSA) is 50.7 Å². The second-order valence-electron chi connectivity index (χ2n) is 3.80. The van der Waals surface area contributed by atoms with Crippen molar-refractivity contribution in [3.8, 4) is 11.4 Å². The van der Waals surface area contributed by atoms with Gasteiger partial charge in [0.2, 0.25) is 0 Å². The summed E-state index contributed by atoms with van der Waals surface area (Å²) in [5.41, 5.74) is 1.01. The van der Waals surface area contributed by atoms with Gasteiger partial charge in [0.15, 0.2) is 10.6 Å². The SMILES string of the molecule is CCS(=O)CCn1c(-c2ccccc2)n[nH]c1=S. The number of aromatic amines is 1. The third-order valence-corrected chi connectivity index (χ3v) is 4.25. The Labute approximate surface area is 114 Å². The van der Waals surface area contributed by atoms with E-state index in [4.69, 9.17) is 12.2 Å². The molecule has 96 valence electrons. The Hall–Kier alpha value is -1.27. The van der Waals surface area contributed by atoms with Crippen molar-refractivity contribution < 1.29 is 4.21 Å². The minimum atomic E-state index is -0.793. The van der Waals surface area contributed by atoms with Crippen LogP contribution in [0, 0.1) is 4.77 Å². The molecule has 0 saturated heterocycles.